The molecule has 2 atom stereocenters. The van der Waals surface area contributed by atoms with Crippen LogP contribution in [0.2, 0.25) is 0 Å². The van der Waals surface area contributed by atoms with Gasteiger partial charge in [0.1, 0.15) is 0 Å². The molecule has 0 fully saturated rings. The SMILES string of the molecule is CC(O)CC(C)CNC(=O)NCCc1nc(C(C)(C)C)cs1. The summed E-state index contributed by atoms with van der Waals surface area (Å²) in [6, 6.07) is -0.162. The molecule has 0 bridgehead atoms. The van der Waals surface area contributed by atoms with Crippen molar-refractivity contribution in [2.75, 3.05) is 13.1 Å². The van der Waals surface area contributed by atoms with Crippen molar-refractivity contribution in [3.8, 4) is 0 Å². The normalized spacial score (nSPS) is 14.5. The van der Waals surface area contributed by atoms with Crippen molar-refractivity contribution in [1.29, 1.82) is 0 Å². The van der Waals surface area contributed by atoms with Gasteiger partial charge in [-0.15, -0.1) is 11.3 Å². The highest BCUT2D eigenvalue weighted by molar-refractivity contribution is 7.09. The lowest BCUT2D eigenvalue weighted by atomic mass is 9.93. The average Bonchev–Trinajstić information content (AvgIpc) is 2.84. The molecule has 6 heteroatoms. The minimum atomic E-state index is -0.332. The smallest absolute Gasteiger partial charge is 0.314 e. The Morgan fingerprint density at radius 3 is 2.59 bits per heavy atom. The highest BCUT2D eigenvalue weighted by atomic mass is 32.1. The minimum absolute atomic E-state index is 0.0690. The van der Waals surface area contributed by atoms with Crippen LogP contribution in [0.15, 0.2) is 5.38 Å². The van der Waals surface area contributed by atoms with Crippen LogP contribution < -0.4 is 10.6 Å². The number of aromatic nitrogens is 1. The standard InChI is InChI=1S/C16H29N3O2S/c1-11(8-12(2)20)9-18-15(21)17-7-6-14-19-13(10-22-14)16(3,4)5/h10-12,20H,6-9H2,1-5H3,(H2,17,18,21). The molecule has 0 saturated carbocycles. The summed E-state index contributed by atoms with van der Waals surface area (Å²) in [5, 5.41) is 18.1. The number of aliphatic hydroxyl groups excluding tert-OH is 1. The second-order valence-corrected chi connectivity index (χ2v) is 7.90. The first-order valence-corrected chi connectivity index (χ1v) is 8.71. The fourth-order valence-electron chi connectivity index (χ4n) is 2.05. The number of urea groups is 1. The molecule has 1 heterocycles. The first-order valence-electron chi connectivity index (χ1n) is 7.83. The van der Waals surface area contributed by atoms with Crippen LogP contribution in [0.3, 0.4) is 0 Å². The molecule has 0 aliphatic heterocycles. The first kappa shape index (κ1) is 18.9. The van der Waals surface area contributed by atoms with E-state index in [4.69, 9.17) is 0 Å². The quantitative estimate of drug-likeness (QED) is 0.721. The molecule has 1 rings (SSSR count). The highest BCUT2D eigenvalue weighted by Gasteiger charge is 2.17. The van der Waals surface area contributed by atoms with Crippen molar-refractivity contribution >= 4 is 17.4 Å². The zero-order valence-electron chi connectivity index (χ0n) is 14.3. The van der Waals surface area contributed by atoms with Gasteiger partial charge >= 0.3 is 6.03 Å². The molecule has 5 nitrogen and oxygen atoms in total. The van der Waals surface area contributed by atoms with Crippen LogP contribution in [0.25, 0.3) is 0 Å². The number of hydrogen-bond acceptors (Lipinski definition) is 4. The molecular formula is C16H29N3O2S. The van der Waals surface area contributed by atoms with E-state index >= 15 is 0 Å². The van der Waals surface area contributed by atoms with Crippen LogP contribution in [-0.4, -0.2) is 35.3 Å². The van der Waals surface area contributed by atoms with Gasteiger partial charge in [-0.2, -0.15) is 0 Å². The summed E-state index contributed by atoms with van der Waals surface area (Å²) < 4.78 is 0. The Morgan fingerprint density at radius 1 is 1.36 bits per heavy atom. The number of amides is 2. The fraction of sp³-hybridized carbons (Fsp3) is 0.750. The maximum atomic E-state index is 11.7. The van der Waals surface area contributed by atoms with E-state index in [9.17, 15) is 9.90 Å². The van der Waals surface area contributed by atoms with Crippen LogP contribution in [-0.2, 0) is 11.8 Å². The van der Waals surface area contributed by atoms with Crippen LogP contribution >= 0.6 is 11.3 Å². The molecule has 1 aromatic heterocycles. The second-order valence-electron chi connectivity index (χ2n) is 6.95. The minimum Gasteiger partial charge on any atom is -0.393 e. The molecule has 3 N–H and O–H groups in total. The lowest BCUT2D eigenvalue weighted by molar-refractivity contribution is 0.163. The number of carbonyl (C=O) groups excluding carboxylic acids is 1. The zero-order valence-corrected chi connectivity index (χ0v) is 15.1. The average molecular weight is 327 g/mol. The van der Waals surface area contributed by atoms with E-state index in [-0.39, 0.29) is 23.5 Å². The third-order valence-electron chi connectivity index (χ3n) is 3.30. The monoisotopic (exact) mass is 327 g/mol. The third kappa shape index (κ3) is 7.22. The number of thiazole rings is 1. The van der Waals surface area contributed by atoms with Gasteiger partial charge in [0.25, 0.3) is 0 Å². The number of nitrogens with one attached hydrogen (secondary N) is 2. The van der Waals surface area contributed by atoms with Crippen LogP contribution in [0, 0.1) is 5.92 Å². The Morgan fingerprint density at radius 2 is 2.05 bits per heavy atom. The molecule has 1 aromatic rings. The molecule has 0 saturated heterocycles. The van der Waals surface area contributed by atoms with E-state index in [1.807, 2.05) is 6.92 Å². The molecule has 126 valence electrons. The van der Waals surface area contributed by atoms with Gasteiger partial charge in [0.05, 0.1) is 16.8 Å². The van der Waals surface area contributed by atoms with Crippen molar-refractivity contribution < 1.29 is 9.90 Å². The number of rotatable bonds is 7. The van der Waals surface area contributed by atoms with Gasteiger partial charge in [-0.05, 0) is 19.3 Å². The van der Waals surface area contributed by atoms with Crippen molar-refractivity contribution in [2.45, 2.75) is 59.0 Å². The number of nitrogens with zero attached hydrogens (tertiary/aromatic N) is 1. The summed E-state index contributed by atoms with van der Waals surface area (Å²) in [6.45, 7) is 11.4. The summed E-state index contributed by atoms with van der Waals surface area (Å²) >= 11 is 1.64. The van der Waals surface area contributed by atoms with E-state index in [2.05, 4.69) is 41.8 Å². The van der Waals surface area contributed by atoms with Crippen molar-refractivity contribution in [3.63, 3.8) is 0 Å². The lowest BCUT2D eigenvalue weighted by Crippen LogP contribution is -2.39. The summed E-state index contributed by atoms with van der Waals surface area (Å²) in [5.41, 5.74) is 1.17. The van der Waals surface area contributed by atoms with Crippen molar-refractivity contribution in [3.05, 3.63) is 16.1 Å². The topological polar surface area (TPSA) is 74.2 Å². The van der Waals surface area contributed by atoms with E-state index in [1.54, 1.807) is 18.3 Å². The number of hydrogen-bond donors (Lipinski definition) is 3. The molecule has 22 heavy (non-hydrogen) atoms. The molecule has 0 aliphatic rings. The van der Waals surface area contributed by atoms with Crippen molar-refractivity contribution in [2.24, 2.45) is 5.92 Å². The van der Waals surface area contributed by atoms with Gasteiger partial charge in [0.2, 0.25) is 0 Å². The molecule has 0 aromatic carbocycles. The van der Waals surface area contributed by atoms with Crippen LogP contribution in [0.5, 0.6) is 0 Å². The summed E-state index contributed by atoms with van der Waals surface area (Å²) in [7, 11) is 0. The van der Waals surface area contributed by atoms with Gasteiger partial charge in [-0.25, -0.2) is 9.78 Å². The Kier molecular flexibility index (Phi) is 7.29. The van der Waals surface area contributed by atoms with Gasteiger partial charge in [0, 0.05) is 30.3 Å². The summed E-state index contributed by atoms with van der Waals surface area (Å²) in [5.74, 6) is 0.263. The van der Waals surface area contributed by atoms with Gasteiger partial charge in [-0.3, -0.25) is 0 Å². The summed E-state index contributed by atoms with van der Waals surface area (Å²) in [4.78, 5) is 16.3. The number of aliphatic hydroxyl groups is 1. The van der Waals surface area contributed by atoms with Crippen LogP contribution in [0.1, 0.15) is 51.7 Å². The maximum Gasteiger partial charge on any atom is 0.314 e. The largest absolute Gasteiger partial charge is 0.393 e. The molecule has 2 amide bonds. The van der Waals surface area contributed by atoms with Gasteiger partial charge in [0.15, 0.2) is 0 Å². The van der Waals surface area contributed by atoms with Gasteiger partial charge in [-0.1, -0.05) is 27.7 Å². The Balaban J connectivity index is 2.24. The second kappa shape index (κ2) is 8.48. The van der Waals surface area contributed by atoms with E-state index < -0.39 is 0 Å². The van der Waals surface area contributed by atoms with E-state index in [1.165, 1.54) is 0 Å². The highest BCUT2D eigenvalue weighted by Crippen LogP contribution is 2.23. The Hall–Kier alpha value is -1.14. The molecule has 2 unspecified atom stereocenters. The Labute approximate surface area is 137 Å². The molecular weight excluding hydrogens is 298 g/mol. The van der Waals surface area contributed by atoms with E-state index in [0.717, 1.165) is 17.1 Å². The predicted octanol–water partition coefficient (Wildman–Crippen LogP) is 2.69. The van der Waals surface area contributed by atoms with Crippen LogP contribution in [0.4, 0.5) is 4.79 Å². The third-order valence-corrected chi connectivity index (χ3v) is 4.21. The summed E-state index contributed by atoms with van der Waals surface area (Å²) in [6.07, 6.45) is 1.11. The zero-order chi connectivity index (χ0) is 16.8. The maximum absolute atomic E-state index is 11.7. The number of carbonyl (C=O) groups is 1. The fourth-order valence-corrected chi connectivity index (χ4v) is 3.07. The molecule has 0 aliphatic carbocycles. The van der Waals surface area contributed by atoms with E-state index in [0.29, 0.717) is 19.5 Å². The first-order chi connectivity index (χ1) is 10.2. The van der Waals surface area contributed by atoms with Gasteiger partial charge < -0.3 is 15.7 Å². The lowest BCUT2D eigenvalue weighted by Gasteiger charge is -2.14. The molecule has 0 spiro atoms. The predicted molar refractivity (Wildman–Crippen MR) is 91.4 cm³/mol. The van der Waals surface area contributed by atoms with Crippen molar-refractivity contribution in [1.82, 2.24) is 15.6 Å². The Bertz CT molecular complexity index is 466. The molecule has 0 radical (unpaired) electrons.